The Hall–Kier alpha value is -3.14. The molecule has 2 heterocycles. The summed E-state index contributed by atoms with van der Waals surface area (Å²) in [6, 6.07) is 20.5. The summed E-state index contributed by atoms with van der Waals surface area (Å²) >= 11 is 0. The van der Waals surface area contributed by atoms with Gasteiger partial charge in [-0.2, -0.15) is 0 Å². The molecule has 2 aromatic rings. The molecule has 0 aromatic heterocycles. The van der Waals surface area contributed by atoms with E-state index in [1.165, 1.54) is 12.8 Å². The largest absolute Gasteiger partial charge is 0.469 e. The molecule has 0 saturated heterocycles. The number of nitrogens with zero attached hydrogens (tertiary/aromatic N) is 2. The first-order chi connectivity index (χ1) is 14.0. The minimum absolute atomic E-state index is 0.0911. The molecule has 0 spiro atoms. The third-order valence-corrected chi connectivity index (χ3v) is 5.77. The zero-order chi connectivity index (χ0) is 20.4. The minimum atomic E-state index is -0.692. The summed E-state index contributed by atoms with van der Waals surface area (Å²) in [5.74, 6) is 0.711. The van der Waals surface area contributed by atoms with Crippen molar-refractivity contribution in [1.29, 1.82) is 0 Å². The fourth-order valence-electron chi connectivity index (χ4n) is 4.33. The van der Waals surface area contributed by atoms with Crippen molar-refractivity contribution >= 4 is 11.8 Å². The Morgan fingerprint density at radius 3 is 2.38 bits per heavy atom. The van der Waals surface area contributed by atoms with Gasteiger partial charge in [-0.1, -0.05) is 66.7 Å². The first kappa shape index (κ1) is 19.2. The van der Waals surface area contributed by atoms with Gasteiger partial charge >= 0.3 is 5.97 Å². The highest BCUT2D eigenvalue weighted by Gasteiger charge is 2.41. The van der Waals surface area contributed by atoms with Gasteiger partial charge < -0.3 is 9.64 Å². The number of ether oxygens (including phenoxy) is 1. The maximum absolute atomic E-state index is 12.7. The van der Waals surface area contributed by atoms with E-state index in [4.69, 9.17) is 9.73 Å². The lowest BCUT2D eigenvalue weighted by molar-refractivity contribution is -0.151. The molecule has 1 atom stereocenters. The van der Waals surface area contributed by atoms with E-state index in [0.29, 0.717) is 6.54 Å². The molecule has 2 aliphatic heterocycles. The third kappa shape index (κ3) is 3.51. The average Bonchev–Trinajstić information content (AvgIpc) is 3.18. The third-order valence-electron chi connectivity index (χ3n) is 5.77. The van der Waals surface area contributed by atoms with E-state index in [1.54, 1.807) is 0 Å². The Morgan fingerprint density at radius 1 is 1.07 bits per heavy atom. The second-order valence-corrected chi connectivity index (χ2v) is 8.01. The van der Waals surface area contributed by atoms with Crippen molar-refractivity contribution in [2.24, 2.45) is 10.4 Å². The standard InChI is InChI=1S/C25H26N2O2/c1-25(2,24(28)29-3)22(18-10-6-4-7-11-18)20-14-15-27-21(16-20)17-26-23(27)19-12-8-5-9-13-19/h4-14,16,22H,15,17H2,1-3H3. The predicted octanol–water partition coefficient (Wildman–Crippen LogP) is 4.56. The molecule has 0 radical (unpaired) electrons. The van der Waals surface area contributed by atoms with Crippen LogP contribution in [0, 0.1) is 5.41 Å². The van der Waals surface area contributed by atoms with E-state index in [-0.39, 0.29) is 11.9 Å². The summed E-state index contributed by atoms with van der Waals surface area (Å²) < 4.78 is 5.15. The second kappa shape index (κ2) is 7.70. The Bertz CT molecular complexity index is 988. The number of fused-ring (bicyclic) bond motifs is 1. The normalized spacial score (nSPS) is 17.1. The number of carbonyl (C=O) groups is 1. The van der Waals surface area contributed by atoms with Crippen LogP contribution in [0.2, 0.25) is 0 Å². The van der Waals surface area contributed by atoms with Gasteiger partial charge in [0.05, 0.1) is 19.1 Å². The Morgan fingerprint density at radius 2 is 1.72 bits per heavy atom. The highest BCUT2D eigenvalue weighted by atomic mass is 16.5. The van der Waals surface area contributed by atoms with Crippen molar-refractivity contribution in [3.63, 3.8) is 0 Å². The van der Waals surface area contributed by atoms with Crippen molar-refractivity contribution in [2.75, 3.05) is 20.2 Å². The molecule has 0 amide bonds. The van der Waals surface area contributed by atoms with Gasteiger partial charge in [0, 0.05) is 23.7 Å². The number of aliphatic imine (C=N–C) groups is 1. The lowest BCUT2D eigenvalue weighted by Gasteiger charge is -2.36. The van der Waals surface area contributed by atoms with Gasteiger partial charge in [-0.3, -0.25) is 9.79 Å². The molecule has 4 rings (SSSR count). The molecule has 0 N–H and O–H groups in total. The van der Waals surface area contributed by atoms with E-state index in [9.17, 15) is 4.79 Å². The van der Waals surface area contributed by atoms with E-state index in [1.807, 2.05) is 50.2 Å². The van der Waals surface area contributed by atoms with Gasteiger partial charge in [0.15, 0.2) is 0 Å². The van der Waals surface area contributed by atoms with Crippen molar-refractivity contribution < 1.29 is 9.53 Å². The number of hydrogen-bond donors (Lipinski definition) is 0. The highest BCUT2D eigenvalue weighted by Crippen LogP contribution is 2.44. The Labute approximate surface area is 172 Å². The molecule has 0 saturated carbocycles. The van der Waals surface area contributed by atoms with E-state index >= 15 is 0 Å². The summed E-state index contributed by atoms with van der Waals surface area (Å²) in [5, 5.41) is 0. The van der Waals surface area contributed by atoms with Gasteiger partial charge in [-0.25, -0.2) is 0 Å². The van der Waals surface area contributed by atoms with Crippen LogP contribution in [0.15, 0.2) is 89.1 Å². The zero-order valence-electron chi connectivity index (χ0n) is 17.1. The first-order valence-corrected chi connectivity index (χ1v) is 9.93. The van der Waals surface area contributed by atoms with E-state index in [2.05, 4.69) is 41.3 Å². The number of benzene rings is 2. The molecule has 4 nitrogen and oxygen atoms in total. The molecule has 0 fully saturated rings. The van der Waals surface area contributed by atoms with Crippen molar-refractivity contribution in [3.8, 4) is 0 Å². The van der Waals surface area contributed by atoms with Crippen LogP contribution in [0.25, 0.3) is 0 Å². The van der Waals surface area contributed by atoms with Crippen LogP contribution >= 0.6 is 0 Å². The SMILES string of the molecule is COC(=O)C(C)(C)C(C1=CCN2C(=C1)CN=C2c1ccccc1)c1ccccc1. The number of amidine groups is 1. The second-order valence-electron chi connectivity index (χ2n) is 8.01. The molecule has 2 aromatic carbocycles. The van der Waals surface area contributed by atoms with Crippen LogP contribution in [0.1, 0.15) is 30.9 Å². The smallest absolute Gasteiger partial charge is 0.312 e. The van der Waals surface area contributed by atoms with Gasteiger partial charge in [-0.05, 0) is 31.1 Å². The van der Waals surface area contributed by atoms with Gasteiger partial charge in [0.1, 0.15) is 5.84 Å². The topological polar surface area (TPSA) is 41.9 Å². The number of allylic oxidation sites excluding steroid dienone is 2. The summed E-state index contributed by atoms with van der Waals surface area (Å²) in [6.07, 6.45) is 4.42. The highest BCUT2D eigenvalue weighted by molar-refractivity contribution is 6.01. The quantitative estimate of drug-likeness (QED) is 0.708. The molecule has 2 aliphatic rings. The fourth-order valence-corrected chi connectivity index (χ4v) is 4.33. The van der Waals surface area contributed by atoms with Crippen LogP contribution in [-0.2, 0) is 9.53 Å². The van der Waals surface area contributed by atoms with Crippen LogP contribution in [-0.4, -0.2) is 36.9 Å². The molecule has 1 unspecified atom stereocenters. The number of esters is 1. The Kier molecular flexibility index (Phi) is 5.10. The lowest BCUT2D eigenvalue weighted by atomic mass is 9.70. The number of rotatable bonds is 5. The monoisotopic (exact) mass is 386 g/mol. The van der Waals surface area contributed by atoms with E-state index in [0.717, 1.165) is 29.1 Å². The maximum Gasteiger partial charge on any atom is 0.312 e. The van der Waals surface area contributed by atoms with Crippen LogP contribution < -0.4 is 0 Å². The number of carbonyl (C=O) groups excluding carboxylic acids is 1. The number of hydrogen-bond acceptors (Lipinski definition) is 4. The van der Waals surface area contributed by atoms with Crippen LogP contribution in [0.5, 0.6) is 0 Å². The van der Waals surface area contributed by atoms with Crippen molar-refractivity contribution in [2.45, 2.75) is 19.8 Å². The fraction of sp³-hybridized carbons (Fsp3) is 0.280. The Balaban J connectivity index is 1.68. The molecule has 148 valence electrons. The summed E-state index contributed by atoms with van der Waals surface area (Å²) in [7, 11) is 1.46. The first-order valence-electron chi connectivity index (χ1n) is 9.93. The van der Waals surface area contributed by atoms with Crippen LogP contribution in [0.4, 0.5) is 0 Å². The summed E-state index contributed by atoms with van der Waals surface area (Å²) in [6.45, 7) is 5.32. The summed E-state index contributed by atoms with van der Waals surface area (Å²) in [4.78, 5) is 19.7. The van der Waals surface area contributed by atoms with Gasteiger partial charge in [0.2, 0.25) is 0 Å². The molecular weight excluding hydrogens is 360 g/mol. The number of methoxy groups -OCH3 is 1. The molecule has 4 heteroatoms. The van der Waals surface area contributed by atoms with Gasteiger partial charge in [0.25, 0.3) is 0 Å². The molecular formula is C25H26N2O2. The van der Waals surface area contributed by atoms with E-state index < -0.39 is 5.41 Å². The molecule has 0 aliphatic carbocycles. The molecule has 29 heavy (non-hydrogen) atoms. The molecule has 0 bridgehead atoms. The maximum atomic E-state index is 12.7. The lowest BCUT2D eigenvalue weighted by Crippen LogP contribution is -2.36. The van der Waals surface area contributed by atoms with Crippen molar-refractivity contribution in [3.05, 3.63) is 95.2 Å². The van der Waals surface area contributed by atoms with Gasteiger partial charge in [-0.15, -0.1) is 0 Å². The summed E-state index contributed by atoms with van der Waals surface area (Å²) in [5.41, 5.74) is 3.86. The zero-order valence-corrected chi connectivity index (χ0v) is 17.1. The predicted molar refractivity (Wildman–Crippen MR) is 116 cm³/mol. The average molecular weight is 386 g/mol. The van der Waals surface area contributed by atoms with Crippen molar-refractivity contribution in [1.82, 2.24) is 4.90 Å². The minimum Gasteiger partial charge on any atom is -0.469 e. The van der Waals surface area contributed by atoms with Crippen LogP contribution in [0.3, 0.4) is 0 Å².